The highest BCUT2D eigenvalue weighted by Gasteiger charge is 2.56. The maximum atomic E-state index is 13.2. The Hall–Kier alpha value is -2.84. The molecular formula is C17H20FN7O. The van der Waals surface area contributed by atoms with Crippen LogP contribution in [0.2, 0.25) is 0 Å². The molecule has 2 fully saturated rings. The van der Waals surface area contributed by atoms with Gasteiger partial charge in [-0.05, 0) is 18.9 Å². The normalized spacial score (nSPS) is 25.1. The molecule has 2 aromatic rings. The molecule has 2 aliphatic rings. The summed E-state index contributed by atoms with van der Waals surface area (Å²) in [5.41, 5.74) is -0.607. The van der Waals surface area contributed by atoms with E-state index in [9.17, 15) is 9.18 Å². The van der Waals surface area contributed by atoms with Gasteiger partial charge < -0.3 is 15.1 Å². The fourth-order valence-electron chi connectivity index (χ4n) is 4.14. The van der Waals surface area contributed by atoms with E-state index in [1.807, 2.05) is 4.90 Å². The van der Waals surface area contributed by atoms with Gasteiger partial charge in [-0.2, -0.15) is 0 Å². The topological polar surface area (TPSA) is 87.1 Å². The third-order valence-corrected chi connectivity index (χ3v) is 5.28. The average Bonchev–Trinajstić information content (AvgIpc) is 3.09. The van der Waals surface area contributed by atoms with E-state index in [-0.39, 0.29) is 11.9 Å². The second-order valence-electron chi connectivity index (χ2n) is 6.68. The van der Waals surface area contributed by atoms with Crippen LogP contribution in [0.1, 0.15) is 12.8 Å². The standard InChI is InChI=1S/C17H20FN7O/c1-19-14(26)17-4-2-7-25(16-20-5-3-6-21-16)13(17)10-24(11-17)15-22-8-12(18)9-23-15/h3,5-6,8-9,13H,2,4,7,10-11H2,1H3,(H,19,26)/t13-,17-/m1/s1. The van der Waals surface area contributed by atoms with Crippen LogP contribution in [0.15, 0.2) is 30.9 Å². The van der Waals surface area contributed by atoms with E-state index in [0.29, 0.717) is 25.0 Å². The van der Waals surface area contributed by atoms with Gasteiger partial charge in [0.2, 0.25) is 17.8 Å². The van der Waals surface area contributed by atoms with E-state index in [1.165, 1.54) is 0 Å². The van der Waals surface area contributed by atoms with E-state index in [0.717, 1.165) is 31.8 Å². The lowest BCUT2D eigenvalue weighted by Crippen LogP contribution is -2.58. The first-order valence-corrected chi connectivity index (χ1v) is 8.62. The summed E-state index contributed by atoms with van der Waals surface area (Å²) in [6.07, 6.45) is 7.32. The number of aromatic nitrogens is 4. The fourth-order valence-corrected chi connectivity index (χ4v) is 4.14. The quantitative estimate of drug-likeness (QED) is 0.862. The summed E-state index contributed by atoms with van der Waals surface area (Å²) in [5, 5.41) is 2.82. The Kier molecular flexibility index (Phi) is 4.14. The van der Waals surface area contributed by atoms with Crippen LogP contribution in [0.5, 0.6) is 0 Å². The average molecular weight is 357 g/mol. The minimum absolute atomic E-state index is 0.00672. The SMILES string of the molecule is CNC(=O)[C@@]12CCCN(c3ncccn3)[C@@H]1CN(c1ncc(F)cn1)C2. The van der Waals surface area contributed by atoms with Gasteiger partial charge in [0.25, 0.3) is 0 Å². The number of hydrogen-bond acceptors (Lipinski definition) is 7. The number of amides is 1. The minimum Gasteiger partial charge on any atom is -0.359 e. The molecule has 0 unspecified atom stereocenters. The number of nitrogens with zero attached hydrogens (tertiary/aromatic N) is 6. The third kappa shape index (κ3) is 2.63. The van der Waals surface area contributed by atoms with Gasteiger partial charge in [-0.3, -0.25) is 4.79 Å². The van der Waals surface area contributed by atoms with Crippen LogP contribution in [0, 0.1) is 11.2 Å². The van der Waals surface area contributed by atoms with Crippen molar-refractivity contribution in [2.75, 3.05) is 36.5 Å². The maximum Gasteiger partial charge on any atom is 0.229 e. The molecule has 8 nitrogen and oxygen atoms in total. The van der Waals surface area contributed by atoms with Gasteiger partial charge in [-0.1, -0.05) is 0 Å². The molecule has 136 valence electrons. The van der Waals surface area contributed by atoms with Gasteiger partial charge in [-0.25, -0.2) is 24.3 Å². The number of fused-ring (bicyclic) bond motifs is 1. The lowest BCUT2D eigenvalue weighted by molar-refractivity contribution is -0.131. The molecule has 4 heterocycles. The van der Waals surface area contributed by atoms with Crippen molar-refractivity contribution in [3.8, 4) is 0 Å². The predicted octanol–water partition coefficient (Wildman–Crippen LogP) is 0.627. The Morgan fingerprint density at radius 3 is 2.65 bits per heavy atom. The molecule has 0 aliphatic carbocycles. The highest BCUT2D eigenvalue weighted by molar-refractivity contribution is 5.86. The highest BCUT2D eigenvalue weighted by Crippen LogP contribution is 2.43. The molecule has 0 aromatic carbocycles. The molecule has 4 rings (SSSR count). The van der Waals surface area contributed by atoms with Crippen molar-refractivity contribution in [2.24, 2.45) is 5.41 Å². The molecule has 2 atom stereocenters. The van der Waals surface area contributed by atoms with Crippen LogP contribution in [0.3, 0.4) is 0 Å². The van der Waals surface area contributed by atoms with Crippen molar-refractivity contribution < 1.29 is 9.18 Å². The molecule has 2 aliphatic heterocycles. The van der Waals surface area contributed by atoms with Gasteiger partial charge in [0.05, 0.1) is 23.9 Å². The molecule has 1 N–H and O–H groups in total. The molecule has 0 spiro atoms. The molecule has 0 saturated carbocycles. The number of hydrogen-bond donors (Lipinski definition) is 1. The van der Waals surface area contributed by atoms with Gasteiger partial charge in [0.1, 0.15) is 0 Å². The monoisotopic (exact) mass is 357 g/mol. The first-order chi connectivity index (χ1) is 12.6. The number of carbonyl (C=O) groups excluding carboxylic acids is 1. The van der Waals surface area contributed by atoms with Crippen molar-refractivity contribution >= 4 is 17.8 Å². The summed E-state index contributed by atoms with van der Waals surface area (Å²) in [6, 6.07) is 1.67. The summed E-state index contributed by atoms with van der Waals surface area (Å²) >= 11 is 0. The molecule has 2 saturated heterocycles. The predicted molar refractivity (Wildman–Crippen MR) is 93.1 cm³/mol. The largest absolute Gasteiger partial charge is 0.359 e. The second-order valence-corrected chi connectivity index (χ2v) is 6.68. The van der Waals surface area contributed by atoms with Crippen LogP contribution >= 0.6 is 0 Å². The smallest absolute Gasteiger partial charge is 0.229 e. The van der Waals surface area contributed by atoms with Crippen molar-refractivity contribution in [3.63, 3.8) is 0 Å². The Balaban J connectivity index is 1.71. The van der Waals surface area contributed by atoms with Crippen LogP contribution in [0.25, 0.3) is 0 Å². The van der Waals surface area contributed by atoms with Crippen LogP contribution < -0.4 is 15.1 Å². The summed E-state index contributed by atoms with van der Waals surface area (Å²) < 4.78 is 13.2. The van der Waals surface area contributed by atoms with Crippen molar-refractivity contribution in [2.45, 2.75) is 18.9 Å². The first-order valence-electron chi connectivity index (χ1n) is 8.62. The maximum absolute atomic E-state index is 13.2. The number of anilines is 2. The Labute approximate surface area is 150 Å². The van der Waals surface area contributed by atoms with Gasteiger partial charge in [0.15, 0.2) is 5.82 Å². The van der Waals surface area contributed by atoms with Crippen molar-refractivity contribution in [3.05, 3.63) is 36.7 Å². The Bertz CT molecular complexity index is 787. The van der Waals surface area contributed by atoms with E-state index in [4.69, 9.17) is 0 Å². The number of rotatable bonds is 3. The molecule has 0 bridgehead atoms. The number of nitrogens with one attached hydrogen (secondary N) is 1. The Morgan fingerprint density at radius 1 is 1.23 bits per heavy atom. The lowest BCUT2D eigenvalue weighted by Gasteiger charge is -2.43. The van der Waals surface area contributed by atoms with Gasteiger partial charge in [-0.15, -0.1) is 0 Å². The molecule has 1 amide bonds. The van der Waals surface area contributed by atoms with E-state index >= 15 is 0 Å². The van der Waals surface area contributed by atoms with Gasteiger partial charge in [0, 0.05) is 39.1 Å². The van der Waals surface area contributed by atoms with Crippen LogP contribution in [-0.4, -0.2) is 58.6 Å². The zero-order valence-corrected chi connectivity index (χ0v) is 14.5. The minimum atomic E-state index is -0.607. The second kappa shape index (κ2) is 6.47. The summed E-state index contributed by atoms with van der Waals surface area (Å²) in [6.45, 7) is 1.81. The van der Waals surface area contributed by atoms with Crippen molar-refractivity contribution in [1.29, 1.82) is 0 Å². The van der Waals surface area contributed by atoms with E-state index in [1.54, 1.807) is 25.5 Å². The summed E-state index contributed by atoms with van der Waals surface area (Å²) in [4.78, 5) is 33.8. The zero-order chi connectivity index (χ0) is 18.1. The Morgan fingerprint density at radius 2 is 1.96 bits per heavy atom. The summed E-state index contributed by atoms with van der Waals surface area (Å²) in [7, 11) is 1.66. The summed E-state index contributed by atoms with van der Waals surface area (Å²) in [5.74, 6) is 0.559. The zero-order valence-electron chi connectivity index (χ0n) is 14.5. The molecule has 2 aromatic heterocycles. The fraction of sp³-hybridized carbons (Fsp3) is 0.471. The number of halogens is 1. The van der Waals surface area contributed by atoms with Crippen molar-refractivity contribution in [1.82, 2.24) is 25.3 Å². The van der Waals surface area contributed by atoms with E-state index in [2.05, 4.69) is 30.2 Å². The number of piperidine rings is 1. The molecular weight excluding hydrogens is 337 g/mol. The highest BCUT2D eigenvalue weighted by atomic mass is 19.1. The molecule has 26 heavy (non-hydrogen) atoms. The molecule has 0 radical (unpaired) electrons. The van der Waals surface area contributed by atoms with E-state index < -0.39 is 11.2 Å². The third-order valence-electron chi connectivity index (χ3n) is 5.28. The van der Waals surface area contributed by atoms with Crippen LogP contribution in [0.4, 0.5) is 16.3 Å². The van der Waals surface area contributed by atoms with Crippen LogP contribution in [-0.2, 0) is 4.79 Å². The first kappa shape index (κ1) is 16.6. The molecule has 9 heteroatoms. The number of carbonyl (C=O) groups is 1. The lowest BCUT2D eigenvalue weighted by atomic mass is 9.74. The van der Waals surface area contributed by atoms with Gasteiger partial charge >= 0.3 is 0 Å².